The topological polar surface area (TPSA) is 145 Å². The fourth-order valence-corrected chi connectivity index (χ4v) is 3.35. The maximum absolute atomic E-state index is 14.2. The quantitative estimate of drug-likeness (QED) is 0.351. The molecule has 1 aliphatic rings. The molecule has 4 rings (SSSR count). The highest BCUT2D eigenvalue weighted by molar-refractivity contribution is 5.93. The second kappa shape index (κ2) is 12.3. The Morgan fingerprint density at radius 2 is 1.87 bits per heavy atom. The summed E-state index contributed by atoms with van der Waals surface area (Å²) in [7, 11) is 0. The number of amides is 2. The van der Waals surface area contributed by atoms with E-state index in [0.717, 1.165) is 24.4 Å². The molecule has 1 saturated heterocycles. The lowest BCUT2D eigenvalue weighted by Crippen LogP contribution is -2.31. The number of ether oxygens (including phenoxy) is 1. The molecule has 0 saturated carbocycles. The lowest BCUT2D eigenvalue weighted by atomic mass is 10.1. The summed E-state index contributed by atoms with van der Waals surface area (Å²) < 4.78 is 72.3. The average Bonchev–Trinajstić information content (AvgIpc) is 3.40. The number of pyridine rings is 2. The summed E-state index contributed by atoms with van der Waals surface area (Å²) in [5.74, 6) is -3.09. The molecular weight excluding hydrogens is 515 g/mol. The van der Waals surface area contributed by atoms with Gasteiger partial charge in [-0.3, -0.25) is 19.6 Å². The van der Waals surface area contributed by atoms with Gasteiger partial charge in [0.2, 0.25) is 11.8 Å². The summed E-state index contributed by atoms with van der Waals surface area (Å²) in [4.78, 5) is 29.9. The van der Waals surface area contributed by atoms with Crippen LogP contribution in [0, 0.1) is 17.6 Å². The van der Waals surface area contributed by atoms with E-state index in [9.17, 15) is 31.5 Å². The van der Waals surface area contributed by atoms with Crippen molar-refractivity contribution in [3.05, 3.63) is 77.4 Å². The Labute approximate surface area is 213 Å². The number of rotatable bonds is 6. The maximum Gasteiger partial charge on any atom is 0.418 e. The van der Waals surface area contributed by atoms with Crippen molar-refractivity contribution in [2.75, 3.05) is 24.3 Å². The van der Waals surface area contributed by atoms with Gasteiger partial charge >= 0.3 is 6.18 Å². The molecule has 0 radical (unpaired) electrons. The van der Waals surface area contributed by atoms with Crippen LogP contribution in [0.5, 0.6) is 0 Å². The third-order valence-electron chi connectivity index (χ3n) is 5.28. The average molecular weight is 538 g/mol. The van der Waals surface area contributed by atoms with Crippen molar-refractivity contribution in [2.45, 2.75) is 19.1 Å². The number of nitrogens with two attached hydrogens (primary N) is 2. The van der Waals surface area contributed by atoms with Crippen molar-refractivity contribution in [1.29, 1.82) is 0 Å². The molecule has 0 bridgehead atoms. The minimum absolute atomic E-state index is 0.0950. The third-order valence-corrected chi connectivity index (χ3v) is 5.28. The van der Waals surface area contributed by atoms with Crippen LogP contribution in [-0.4, -0.2) is 35.0 Å². The molecule has 3 aromatic rings. The summed E-state index contributed by atoms with van der Waals surface area (Å²) >= 11 is 0. The predicted octanol–water partition coefficient (Wildman–Crippen LogP) is 3.54. The van der Waals surface area contributed by atoms with Gasteiger partial charge in [-0.05, 0) is 24.6 Å². The number of para-hydroxylation sites is 1. The number of carbonyl (C=O) groups excluding carboxylic acids is 2. The molecular formula is C24H23F5N6O3. The number of nitrogens with one attached hydrogen (secondary N) is 2. The van der Waals surface area contributed by atoms with Crippen LogP contribution in [0.25, 0.3) is 0 Å². The van der Waals surface area contributed by atoms with Gasteiger partial charge in [-0.15, -0.1) is 0 Å². The first-order chi connectivity index (χ1) is 18.0. The number of anilines is 3. The molecule has 1 atom stereocenters. The van der Waals surface area contributed by atoms with Crippen molar-refractivity contribution < 1.29 is 36.3 Å². The zero-order chi connectivity index (χ0) is 27.9. The van der Waals surface area contributed by atoms with E-state index in [0.29, 0.717) is 37.0 Å². The van der Waals surface area contributed by atoms with Crippen molar-refractivity contribution in [3.63, 3.8) is 0 Å². The fraction of sp³-hybridized carbons (Fsp3) is 0.250. The van der Waals surface area contributed by atoms with Crippen LogP contribution < -0.4 is 22.1 Å². The molecule has 38 heavy (non-hydrogen) atoms. The molecule has 2 aromatic heterocycles. The minimum atomic E-state index is -4.79. The number of aromatic nitrogens is 2. The van der Waals surface area contributed by atoms with Crippen LogP contribution >= 0.6 is 0 Å². The van der Waals surface area contributed by atoms with Crippen LogP contribution in [0.1, 0.15) is 28.0 Å². The molecule has 1 fully saturated rings. The van der Waals surface area contributed by atoms with Crippen LogP contribution in [0.3, 0.4) is 0 Å². The molecule has 1 aromatic carbocycles. The van der Waals surface area contributed by atoms with Crippen molar-refractivity contribution in [3.8, 4) is 0 Å². The maximum atomic E-state index is 14.2. The molecule has 14 heteroatoms. The Hall–Kier alpha value is -4.33. The standard InChI is InChI=1S/C18H16F5N3O2.C6H7N3O/c19-13-3-1-2-12(18(21,22)23)16(13)26-11-6-14(20)15(24-7-11)8-25-17(27)10-4-5-28-9-10;7-5-1-4(6(8)10)2-9-3-5/h1-3,6-7,10,26H,4-5,8-9H2,(H,25,27);1-3H,7H2,(H2,8,10). The van der Waals surface area contributed by atoms with E-state index in [4.69, 9.17) is 16.2 Å². The highest BCUT2D eigenvalue weighted by Crippen LogP contribution is 2.37. The van der Waals surface area contributed by atoms with Crippen molar-refractivity contribution in [2.24, 2.45) is 11.7 Å². The van der Waals surface area contributed by atoms with Gasteiger partial charge in [0.05, 0.1) is 59.1 Å². The molecule has 9 nitrogen and oxygen atoms in total. The van der Waals surface area contributed by atoms with E-state index >= 15 is 0 Å². The number of benzene rings is 1. The highest BCUT2D eigenvalue weighted by Gasteiger charge is 2.34. The van der Waals surface area contributed by atoms with E-state index in [1.54, 1.807) is 0 Å². The van der Waals surface area contributed by atoms with Gasteiger partial charge in [-0.25, -0.2) is 8.78 Å². The van der Waals surface area contributed by atoms with Crippen LogP contribution in [0.4, 0.5) is 39.0 Å². The summed E-state index contributed by atoms with van der Waals surface area (Å²) in [6.07, 6.45) is -0.319. The van der Waals surface area contributed by atoms with Crippen molar-refractivity contribution in [1.82, 2.24) is 15.3 Å². The van der Waals surface area contributed by atoms with Gasteiger partial charge in [0.1, 0.15) is 11.6 Å². The zero-order valence-electron chi connectivity index (χ0n) is 19.7. The summed E-state index contributed by atoms with van der Waals surface area (Å²) in [6, 6.07) is 4.88. The van der Waals surface area contributed by atoms with Gasteiger partial charge in [0.15, 0.2) is 0 Å². The van der Waals surface area contributed by atoms with Crippen LogP contribution in [0.15, 0.2) is 48.9 Å². The van der Waals surface area contributed by atoms with E-state index in [1.807, 2.05) is 0 Å². The second-order valence-corrected chi connectivity index (χ2v) is 8.09. The number of primary amides is 1. The smallest absolute Gasteiger partial charge is 0.397 e. The first-order valence-corrected chi connectivity index (χ1v) is 11.1. The third kappa shape index (κ3) is 7.59. The monoisotopic (exact) mass is 538 g/mol. The lowest BCUT2D eigenvalue weighted by Gasteiger charge is -2.15. The molecule has 0 aliphatic carbocycles. The minimum Gasteiger partial charge on any atom is -0.397 e. The Kier molecular flexibility index (Phi) is 9.12. The zero-order valence-corrected chi connectivity index (χ0v) is 19.7. The lowest BCUT2D eigenvalue weighted by molar-refractivity contribution is -0.137. The molecule has 1 aliphatic heterocycles. The van der Waals surface area contributed by atoms with E-state index in [2.05, 4.69) is 20.6 Å². The van der Waals surface area contributed by atoms with E-state index < -0.39 is 35.0 Å². The van der Waals surface area contributed by atoms with Crippen LogP contribution in [-0.2, 0) is 22.3 Å². The largest absolute Gasteiger partial charge is 0.418 e. The Morgan fingerprint density at radius 1 is 1.11 bits per heavy atom. The van der Waals surface area contributed by atoms with Gasteiger partial charge in [-0.1, -0.05) is 6.07 Å². The van der Waals surface area contributed by atoms with Gasteiger partial charge in [-0.2, -0.15) is 13.2 Å². The normalized spacial score (nSPS) is 14.8. The molecule has 1 unspecified atom stereocenters. The summed E-state index contributed by atoms with van der Waals surface area (Å²) in [5.41, 5.74) is 8.75. The van der Waals surface area contributed by atoms with Crippen molar-refractivity contribution >= 4 is 28.9 Å². The molecule has 2 amide bonds. The number of alkyl halides is 3. The highest BCUT2D eigenvalue weighted by atomic mass is 19.4. The predicted molar refractivity (Wildman–Crippen MR) is 127 cm³/mol. The molecule has 6 N–H and O–H groups in total. The van der Waals surface area contributed by atoms with Crippen LogP contribution in [0.2, 0.25) is 0 Å². The number of halogens is 5. The molecule has 0 spiro atoms. The number of hydrogen-bond donors (Lipinski definition) is 4. The first-order valence-electron chi connectivity index (χ1n) is 11.1. The number of nitrogens with zero attached hydrogens (tertiary/aromatic N) is 2. The SMILES string of the molecule is NC(=O)c1cncc(N)c1.O=C(NCc1ncc(Nc2c(F)cccc2C(F)(F)F)cc1F)C1CCOC1. The Balaban J connectivity index is 0.000000336. The van der Waals surface area contributed by atoms with E-state index in [1.165, 1.54) is 18.5 Å². The van der Waals surface area contributed by atoms with Gasteiger partial charge in [0, 0.05) is 25.1 Å². The van der Waals surface area contributed by atoms with Gasteiger partial charge < -0.3 is 26.8 Å². The molecule has 202 valence electrons. The molecule has 3 heterocycles. The Morgan fingerprint density at radius 3 is 2.45 bits per heavy atom. The fourth-order valence-electron chi connectivity index (χ4n) is 3.35. The van der Waals surface area contributed by atoms with E-state index in [-0.39, 0.29) is 29.8 Å². The number of hydrogen-bond acceptors (Lipinski definition) is 7. The second-order valence-electron chi connectivity index (χ2n) is 8.09. The first kappa shape index (κ1) is 28.2. The number of carbonyl (C=O) groups is 2. The number of nitrogen functional groups attached to an aromatic ring is 1. The summed E-state index contributed by atoms with van der Waals surface area (Å²) in [6.45, 7) is 0.602. The summed E-state index contributed by atoms with van der Waals surface area (Å²) in [5, 5.41) is 4.76. The van der Waals surface area contributed by atoms with Gasteiger partial charge in [0.25, 0.3) is 0 Å². The Bertz CT molecular complexity index is 1300.